The molecule has 0 amide bonds. The van der Waals surface area contributed by atoms with Gasteiger partial charge in [0.1, 0.15) is 0 Å². The first-order valence-electron chi connectivity index (χ1n) is 3.25. The predicted molar refractivity (Wildman–Crippen MR) is 41.0 cm³/mol. The lowest BCUT2D eigenvalue weighted by Gasteiger charge is -2.08. The zero-order valence-corrected chi connectivity index (χ0v) is 7.56. The summed E-state index contributed by atoms with van der Waals surface area (Å²) < 4.78 is 0. The summed E-state index contributed by atoms with van der Waals surface area (Å²) in [6.45, 7) is 1.62. The van der Waals surface area contributed by atoms with Gasteiger partial charge in [-0.3, -0.25) is 0 Å². The van der Waals surface area contributed by atoms with Gasteiger partial charge >= 0.3 is 0 Å². The molecule has 4 N–H and O–H groups in total. The van der Waals surface area contributed by atoms with Crippen molar-refractivity contribution in [1.29, 1.82) is 0 Å². The average Bonchev–Trinajstić information content (AvgIpc) is 1.83. The van der Waals surface area contributed by atoms with Crippen molar-refractivity contribution in [2.24, 2.45) is 17.4 Å². The van der Waals surface area contributed by atoms with Gasteiger partial charge in [-0.2, -0.15) is 0 Å². The molecule has 0 saturated carbocycles. The van der Waals surface area contributed by atoms with Crippen molar-refractivity contribution in [1.82, 2.24) is 0 Å². The third-order valence-corrected chi connectivity index (χ3v) is 2.64. The van der Waals surface area contributed by atoms with Crippen LogP contribution in [0.1, 0.15) is 6.42 Å². The minimum atomic E-state index is 0.715. The van der Waals surface area contributed by atoms with E-state index in [0.29, 0.717) is 5.92 Å². The van der Waals surface area contributed by atoms with Crippen LogP contribution in [0.4, 0.5) is 0 Å². The van der Waals surface area contributed by atoms with Crippen LogP contribution in [-0.2, 0) is 0 Å². The molecule has 2 nitrogen and oxygen atoms in total. The molecule has 0 heterocycles. The molecular formula is C5H16N2Si. The molecule has 0 aliphatic heterocycles. The number of hydrogen-bond donors (Lipinski definition) is 2. The van der Waals surface area contributed by atoms with Gasteiger partial charge in [-0.05, 0) is 25.4 Å². The zero-order chi connectivity index (χ0) is 6.41. The maximum atomic E-state index is 5.44. The van der Waals surface area contributed by atoms with Crippen molar-refractivity contribution < 1.29 is 0 Å². The van der Waals surface area contributed by atoms with Gasteiger partial charge in [0.15, 0.2) is 0 Å². The van der Waals surface area contributed by atoms with E-state index in [0.717, 1.165) is 19.5 Å². The third-order valence-electron chi connectivity index (χ3n) is 1.49. The van der Waals surface area contributed by atoms with E-state index in [2.05, 4.69) is 0 Å². The first-order valence-corrected chi connectivity index (χ1v) is 4.66. The van der Waals surface area contributed by atoms with E-state index in [1.165, 1.54) is 16.3 Å². The summed E-state index contributed by atoms with van der Waals surface area (Å²) in [5, 5.41) is 0. The van der Waals surface area contributed by atoms with Gasteiger partial charge in [0.25, 0.3) is 0 Å². The predicted octanol–water partition coefficient (Wildman–Crippen LogP) is -1.31. The molecule has 0 aliphatic carbocycles. The lowest BCUT2D eigenvalue weighted by Crippen LogP contribution is -2.17. The van der Waals surface area contributed by atoms with E-state index in [1.54, 1.807) is 0 Å². The molecule has 1 atom stereocenters. The molecule has 0 aromatic heterocycles. The van der Waals surface area contributed by atoms with Crippen molar-refractivity contribution >= 4 is 10.2 Å². The van der Waals surface area contributed by atoms with Crippen LogP contribution < -0.4 is 11.5 Å². The molecule has 8 heavy (non-hydrogen) atoms. The molecule has 0 bridgehead atoms. The van der Waals surface area contributed by atoms with Gasteiger partial charge in [0, 0.05) is 10.2 Å². The van der Waals surface area contributed by atoms with E-state index in [4.69, 9.17) is 11.5 Å². The van der Waals surface area contributed by atoms with Gasteiger partial charge in [0.05, 0.1) is 0 Å². The maximum Gasteiger partial charge on any atom is 0.00321 e. The second-order valence-electron chi connectivity index (χ2n) is 2.09. The highest BCUT2D eigenvalue weighted by atomic mass is 28.1. The Morgan fingerprint density at radius 3 is 2.12 bits per heavy atom. The summed E-state index contributed by atoms with van der Waals surface area (Å²) in [4.78, 5) is 0. The molecule has 50 valence electrons. The normalized spacial score (nSPS) is 14.2. The minimum absolute atomic E-state index is 0.715. The summed E-state index contributed by atoms with van der Waals surface area (Å²) in [6.07, 6.45) is 1.11. The van der Waals surface area contributed by atoms with Crippen molar-refractivity contribution in [2.45, 2.75) is 12.5 Å². The lowest BCUT2D eigenvalue weighted by molar-refractivity contribution is 0.552. The first-order chi connectivity index (χ1) is 3.85. The molecule has 0 saturated heterocycles. The molecule has 0 rings (SSSR count). The van der Waals surface area contributed by atoms with Gasteiger partial charge < -0.3 is 11.5 Å². The Bertz CT molecular complexity index is 45.7. The fraction of sp³-hybridized carbons (Fsp3) is 1.00. The largest absolute Gasteiger partial charge is 0.330 e. The summed E-state index contributed by atoms with van der Waals surface area (Å²) in [5.74, 6) is 0.715. The number of hydrogen-bond acceptors (Lipinski definition) is 2. The monoisotopic (exact) mass is 132 g/mol. The van der Waals surface area contributed by atoms with Crippen LogP contribution in [0, 0.1) is 5.92 Å². The van der Waals surface area contributed by atoms with Gasteiger partial charge in [-0.15, -0.1) is 0 Å². The van der Waals surface area contributed by atoms with E-state index in [9.17, 15) is 0 Å². The maximum absolute atomic E-state index is 5.44. The second kappa shape index (κ2) is 5.28. The Morgan fingerprint density at radius 1 is 1.38 bits per heavy atom. The molecule has 0 aliphatic rings. The Balaban J connectivity index is 3.07. The lowest BCUT2D eigenvalue weighted by atomic mass is 10.1. The van der Waals surface area contributed by atoms with Crippen LogP contribution in [0.2, 0.25) is 6.04 Å². The van der Waals surface area contributed by atoms with E-state index in [1.807, 2.05) is 0 Å². The van der Waals surface area contributed by atoms with Crippen molar-refractivity contribution in [2.75, 3.05) is 13.1 Å². The second-order valence-corrected chi connectivity index (χ2v) is 2.90. The van der Waals surface area contributed by atoms with Crippen LogP contribution in [0.3, 0.4) is 0 Å². The first kappa shape index (κ1) is 8.14. The van der Waals surface area contributed by atoms with Crippen LogP contribution in [0.25, 0.3) is 0 Å². The molecular weight excluding hydrogens is 116 g/mol. The highest BCUT2D eigenvalue weighted by Crippen LogP contribution is 2.01. The van der Waals surface area contributed by atoms with E-state index < -0.39 is 0 Å². The van der Waals surface area contributed by atoms with Crippen molar-refractivity contribution in [3.63, 3.8) is 0 Å². The molecule has 0 aromatic rings. The van der Waals surface area contributed by atoms with Gasteiger partial charge in [0.2, 0.25) is 0 Å². The molecule has 0 spiro atoms. The average molecular weight is 132 g/mol. The molecule has 1 unspecified atom stereocenters. The summed E-state index contributed by atoms with van der Waals surface area (Å²) >= 11 is 0. The molecule has 3 heteroatoms. The van der Waals surface area contributed by atoms with Gasteiger partial charge in [-0.1, -0.05) is 6.04 Å². The zero-order valence-electron chi connectivity index (χ0n) is 5.56. The van der Waals surface area contributed by atoms with Crippen molar-refractivity contribution in [3.8, 4) is 0 Å². The van der Waals surface area contributed by atoms with Crippen LogP contribution in [-0.4, -0.2) is 23.3 Å². The Hall–Kier alpha value is 0.137. The fourth-order valence-corrected chi connectivity index (χ4v) is 1.47. The van der Waals surface area contributed by atoms with Crippen LogP contribution in [0.5, 0.6) is 0 Å². The van der Waals surface area contributed by atoms with E-state index >= 15 is 0 Å². The van der Waals surface area contributed by atoms with E-state index in [-0.39, 0.29) is 0 Å². The smallest absolute Gasteiger partial charge is 0.00321 e. The quantitative estimate of drug-likeness (QED) is 0.467. The molecule has 0 fully saturated rings. The Kier molecular flexibility index (Phi) is 5.37. The number of rotatable bonds is 4. The Morgan fingerprint density at radius 2 is 2.00 bits per heavy atom. The SMILES string of the molecule is NCCC(CN)C[SiH3]. The molecule has 0 radical (unpaired) electrons. The fourth-order valence-electron chi connectivity index (χ4n) is 0.724. The minimum Gasteiger partial charge on any atom is -0.330 e. The Labute approximate surface area is 54.0 Å². The topological polar surface area (TPSA) is 52.0 Å². The summed E-state index contributed by atoms with van der Waals surface area (Å²) in [6, 6.07) is 1.30. The highest BCUT2D eigenvalue weighted by Gasteiger charge is 1.99. The number of nitrogens with two attached hydrogens (primary N) is 2. The third kappa shape index (κ3) is 3.18. The van der Waals surface area contributed by atoms with Gasteiger partial charge in [-0.25, -0.2) is 0 Å². The van der Waals surface area contributed by atoms with Crippen LogP contribution in [0.15, 0.2) is 0 Å². The van der Waals surface area contributed by atoms with Crippen molar-refractivity contribution in [3.05, 3.63) is 0 Å². The highest BCUT2D eigenvalue weighted by molar-refractivity contribution is 6.08. The van der Waals surface area contributed by atoms with Crippen LogP contribution >= 0.6 is 0 Å². The summed E-state index contributed by atoms with van der Waals surface area (Å²) in [5.41, 5.74) is 10.8. The standard InChI is InChI=1S/C5H16N2Si/c6-2-1-5(3-7)4-8/h5H,1-4,6-7H2,8H3. The molecule has 0 aromatic carbocycles. The summed E-state index contributed by atoms with van der Waals surface area (Å²) in [7, 11) is 1.26.